The fraction of sp³-hybridized carbons (Fsp3) is 0.455. The second kappa shape index (κ2) is 5.04. The summed E-state index contributed by atoms with van der Waals surface area (Å²) in [5, 5.41) is 0. The Balaban J connectivity index is 2.33. The first-order valence-electron chi connectivity index (χ1n) is 5.73. The van der Waals surface area contributed by atoms with E-state index >= 15 is 0 Å². The highest BCUT2D eigenvalue weighted by molar-refractivity contribution is 9.10. The van der Waals surface area contributed by atoms with E-state index in [1.807, 2.05) is 0 Å². The van der Waals surface area contributed by atoms with Gasteiger partial charge in [-0.15, -0.1) is 0 Å². The van der Waals surface area contributed by atoms with Crippen molar-refractivity contribution in [2.75, 3.05) is 11.5 Å². The van der Waals surface area contributed by atoms with Crippen LogP contribution in [0, 0.1) is 5.82 Å². The zero-order chi connectivity index (χ0) is 15.2. The molecule has 5 nitrogen and oxygen atoms in total. The van der Waals surface area contributed by atoms with Gasteiger partial charge in [-0.1, -0.05) is 0 Å². The molecule has 1 saturated heterocycles. The average molecular weight is 386 g/mol. The summed E-state index contributed by atoms with van der Waals surface area (Å²) in [5.74, 6) is -0.847. The van der Waals surface area contributed by atoms with Crippen molar-refractivity contribution in [1.29, 1.82) is 0 Å². The summed E-state index contributed by atoms with van der Waals surface area (Å²) >= 11 is 2.99. The number of halogens is 2. The van der Waals surface area contributed by atoms with Gasteiger partial charge < -0.3 is 0 Å². The third kappa shape index (κ3) is 3.38. The molecule has 1 aromatic rings. The zero-order valence-electron chi connectivity index (χ0n) is 10.6. The van der Waals surface area contributed by atoms with E-state index in [1.54, 1.807) is 6.92 Å². The molecular formula is C11H13BrFNO4S2. The second-order valence-corrected chi connectivity index (χ2v) is 9.77. The van der Waals surface area contributed by atoms with E-state index in [2.05, 4.69) is 20.7 Å². The molecule has 1 aromatic carbocycles. The highest BCUT2D eigenvalue weighted by atomic mass is 79.9. The maximum atomic E-state index is 13.0. The van der Waals surface area contributed by atoms with E-state index in [9.17, 15) is 21.2 Å². The van der Waals surface area contributed by atoms with Crippen LogP contribution in [0.5, 0.6) is 0 Å². The molecule has 0 aliphatic carbocycles. The Labute approximate surface area is 125 Å². The molecule has 0 radical (unpaired) electrons. The van der Waals surface area contributed by atoms with Crippen LogP contribution in [0.1, 0.15) is 13.3 Å². The van der Waals surface area contributed by atoms with Crippen molar-refractivity contribution in [3.63, 3.8) is 0 Å². The van der Waals surface area contributed by atoms with Crippen LogP contribution in [0.3, 0.4) is 0 Å². The Kier molecular flexibility index (Phi) is 4.00. The maximum absolute atomic E-state index is 13.0. The van der Waals surface area contributed by atoms with Gasteiger partial charge in [0, 0.05) is 10.0 Å². The van der Waals surface area contributed by atoms with Gasteiger partial charge in [0.1, 0.15) is 5.82 Å². The quantitative estimate of drug-likeness (QED) is 0.853. The number of hydrogen-bond donors (Lipinski definition) is 1. The molecule has 0 spiro atoms. The topological polar surface area (TPSA) is 80.3 Å². The molecule has 1 N–H and O–H groups in total. The fourth-order valence-electron chi connectivity index (χ4n) is 2.16. The van der Waals surface area contributed by atoms with Crippen LogP contribution in [-0.2, 0) is 19.9 Å². The van der Waals surface area contributed by atoms with Crippen molar-refractivity contribution in [2.24, 2.45) is 0 Å². The van der Waals surface area contributed by atoms with Gasteiger partial charge in [0.2, 0.25) is 10.0 Å². The van der Waals surface area contributed by atoms with Crippen molar-refractivity contribution in [1.82, 2.24) is 4.72 Å². The van der Waals surface area contributed by atoms with E-state index in [4.69, 9.17) is 0 Å². The van der Waals surface area contributed by atoms with E-state index in [0.717, 1.165) is 18.2 Å². The molecule has 2 rings (SSSR count). The minimum absolute atomic E-state index is 0.0450. The fourth-order valence-corrected chi connectivity index (χ4v) is 6.83. The molecule has 20 heavy (non-hydrogen) atoms. The third-order valence-electron chi connectivity index (χ3n) is 3.07. The average Bonchev–Trinajstić information content (AvgIpc) is 2.50. The normalized spacial score (nSPS) is 25.8. The smallest absolute Gasteiger partial charge is 0.229 e. The summed E-state index contributed by atoms with van der Waals surface area (Å²) in [6.45, 7) is 1.55. The van der Waals surface area contributed by atoms with Crippen molar-refractivity contribution in [3.8, 4) is 0 Å². The molecule has 112 valence electrons. The summed E-state index contributed by atoms with van der Waals surface area (Å²) in [4.78, 5) is -0.121. The molecule has 1 aliphatic heterocycles. The van der Waals surface area contributed by atoms with Crippen LogP contribution < -0.4 is 4.72 Å². The Morgan fingerprint density at radius 3 is 2.55 bits per heavy atom. The number of sulfonamides is 1. The van der Waals surface area contributed by atoms with E-state index in [1.165, 1.54) is 0 Å². The Bertz CT molecular complexity index is 748. The summed E-state index contributed by atoms with van der Waals surface area (Å²) in [6.07, 6.45) is 0.216. The molecule has 0 saturated carbocycles. The highest BCUT2D eigenvalue weighted by Gasteiger charge is 2.41. The Morgan fingerprint density at radius 2 is 2.05 bits per heavy atom. The SMILES string of the molecule is CC1(NS(=O)(=O)c2ccc(F)cc2Br)CCS(=O)(=O)C1. The summed E-state index contributed by atoms with van der Waals surface area (Å²) in [5.41, 5.74) is -1.04. The van der Waals surface area contributed by atoms with Crippen molar-refractivity contribution < 1.29 is 21.2 Å². The van der Waals surface area contributed by atoms with Crippen LogP contribution in [0.4, 0.5) is 4.39 Å². The molecular weight excluding hydrogens is 373 g/mol. The molecule has 1 heterocycles. The summed E-state index contributed by atoms with van der Waals surface area (Å²) in [6, 6.07) is 3.21. The van der Waals surface area contributed by atoms with Gasteiger partial charge in [-0.05, 0) is 47.5 Å². The standard InChI is InChI=1S/C11H13BrFNO4S2/c1-11(4-5-19(15,16)7-11)14-20(17,18)10-3-2-8(13)6-9(10)12/h2-3,6,14H,4-5,7H2,1H3. The Hall–Kier alpha value is -0.510. The highest BCUT2D eigenvalue weighted by Crippen LogP contribution is 2.28. The van der Waals surface area contributed by atoms with Gasteiger partial charge in [0.15, 0.2) is 9.84 Å². The summed E-state index contributed by atoms with van der Waals surface area (Å²) < 4.78 is 63.0. The number of benzene rings is 1. The predicted molar refractivity (Wildman–Crippen MR) is 76.1 cm³/mol. The van der Waals surface area contributed by atoms with Crippen LogP contribution in [0.2, 0.25) is 0 Å². The minimum Gasteiger partial charge on any atom is -0.229 e. The molecule has 1 atom stereocenters. The lowest BCUT2D eigenvalue weighted by Crippen LogP contribution is -2.46. The zero-order valence-corrected chi connectivity index (χ0v) is 13.8. The number of hydrogen-bond acceptors (Lipinski definition) is 4. The van der Waals surface area contributed by atoms with Gasteiger partial charge in [-0.3, -0.25) is 0 Å². The van der Waals surface area contributed by atoms with Gasteiger partial charge >= 0.3 is 0 Å². The monoisotopic (exact) mass is 385 g/mol. The molecule has 0 aromatic heterocycles. The van der Waals surface area contributed by atoms with E-state index < -0.39 is 31.2 Å². The van der Waals surface area contributed by atoms with Crippen LogP contribution in [0.15, 0.2) is 27.6 Å². The predicted octanol–water partition coefficient (Wildman–Crippen LogP) is 1.44. The molecule has 1 unspecified atom stereocenters. The lowest BCUT2D eigenvalue weighted by atomic mass is 10.0. The summed E-state index contributed by atoms with van der Waals surface area (Å²) in [7, 11) is -7.15. The lowest BCUT2D eigenvalue weighted by Gasteiger charge is -2.23. The van der Waals surface area contributed by atoms with Gasteiger partial charge in [0.05, 0.1) is 16.4 Å². The van der Waals surface area contributed by atoms with Gasteiger partial charge in [0.25, 0.3) is 0 Å². The maximum Gasteiger partial charge on any atom is 0.242 e. The number of rotatable bonds is 3. The second-order valence-electron chi connectivity index (χ2n) is 5.08. The largest absolute Gasteiger partial charge is 0.242 e. The van der Waals surface area contributed by atoms with Crippen LogP contribution >= 0.6 is 15.9 Å². The van der Waals surface area contributed by atoms with Gasteiger partial charge in [-0.2, -0.15) is 0 Å². The number of sulfone groups is 1. The first-order valence-corrected chi connectivity index (χ1v) is 9.82. The number of nitrogens with one attached hydrogen (secondary N) is 1. The lowest BCUT2D eigenvalue weighted by molar-refractivity contribution is 0.461. The minimum atomic E-state index is -3.93. The van der Waals surface area contributed by atoms with Crippen molar-refractivity contribution in [2.45, 2.75) is 23.8 Å². The molecule has 0 bridgehead atoms. The van der Waals surface area contributed by atoms with Crippen molar-refractivity contribution in [3.05, 3.63) is 28.5 Å². The molecule has 0 amide bonds. The molecule has 1 fully saturated rings. The van der Waals surface area contributed by atoms with E-state index in [-0.39, 0.29) is 27.3 Å². The molecule has 1 aliphatic rings. The Morgan fingerprint density at radius 1 is 1.40 bits per heavy atom. The molecule has 9 heteroatoms. The van der Waals surface area contributed by atoms with Crippen molar-refractivity contribution >= 4 is 35.8 Å². The first-order chi connectivity index (χ1) is 9.03. The van der Waals surface area contributed by atoms with Crippen LogP contribution in [-0.4, -0.2) is 33.9 Å². The van der Waals surface area contributed by atoms with E-state index in [0.29, 0.717) is 0 Å². The third-order valence-corrected chi connectivity index (χ3v) is 7.59. The van der Waals surface area contributed by atoms with Crippen LogP contribution in [0.25, 0.3) is 0 Å². The van der Waals surface area contributed by atoms with Gasteiger partial charge in [-0.25, -0.2) is 25.9 Å². The first kappa shape index (κ1) is 15.9.